The average Bonchev–Trinajstić information content (AvgIpc) is 2.61. The Bertz CT molecular complexity index is 510. The molecule has 1 atom stereocenters. The molecule has 0 spiro atoms. The van der Waals surface area contributed by atoms with E-state index in [1.807, 2.05) is 30.3 Å². The van der Waals surface area contributed by atoms with Crippen molar-refractivity contribution in [2.75, 3.05) is 26.2 Å². The van der Waals surface area contributed by atoms with Gasteiger partial charge in [-0.1, -0.05) is 30.3 Å². The number of aliphatic hydroxyl groups excluding tert-OH is 1. The largest absolute Gasteiger partial charge is 0.391 e. The summed E-state index contributed by atoms with van der Waals surface area (Å²) in [6, 6.07) is 11.2. The second-order valence-electron chi connectivity index (χ2n) is 7.11. The van der Waals surface area contributed by atoms with Crippen molar-refractivity contribution >= 4 is 5.96 Å². The molecule has 5 nitrogen and oxygen atoms in total. The molecule has 0 aliphatic carbocycles. The number of nitrogens with zero attached hydrogens (tertiary/aromatic N) is 2. The molecular formula is C20H34N4O. The zero-order valence-electron chi connectivity index (χ0n) is 15.9. The summed E-state index contributed by atoms with van der Waals surface area (Å²) in [6.07, 6.45) is 2.45. The molecule has 25 heavy (non-hydrogen) atoms. The maximum atomic E-state index is 10.3. The van der Waals surface area contributed by atoms with Gasteiger partial charge in [-0.25, -0.2) is 0 Å². The van der Waals surface area contributed by atoms with E-state index in [4.69, 9.17) is 0 Å². The number of hydrogen-bond acceptors (Lipinski definition) is 3. The van der Waals surface area contributed by atoms with Crippen LogP contribution in [0.5, 0.6) is 0 Å². The molecule has 1 aromatic rings. The van der Waals surface area contributed by atoms with E-state index in [2.05, 4.69) is 41.3 Å². The summed E-state index contributed by atoms with van der Waals surface area (Å²) in [5.74, 6) is 0.817. The molecule has 0 amide bonds. The Balaban J connectivity index is 1.81. The van der Waals surface area contributed by atoms with Crippen LogP contribution in [0.2, 0.25) is 0 Å². The van der Waals surface area contributed by atoms with E-state index in [0.29, 0.717) is 25.0 Å². The van der Waals surface area contributed by atoms with E-state index in [0.717, 1.165) is 44.0 Å². The molecule has 140 valence electrons. The first-order valence-corrected chi connectivity index (χ1v) is 9.59. The molecule has 0 saturated carbocycles. The molecule has 5 heteroatoms. The summed E-state index contributed by atoms with van der Waals surface area (Å²) in [4.78, 5) is 7.11. The van der Waals surface area contributed by atoms with Crippen LogP contribution < -0.4 is 10.6 Å². The molecule has 1 unspecified atom stereocenters. The molecule has 2 rings (SSSR count). The number of benzene rings is 1. The van der Waals surface area contributed by atoms with Gasteiger partial charge in [0.2, 0.25) is 0 Å². The highest BCUT2D eigenvalue weighted by Crippen LogP contribution is 2.12. The van der Waals surface area contributed by atoms with Gasteiger partial charge in [-0.3, -0.25) is 4.99 Å². The van der Waals surface area contributed by atoms with Crippen molar-refractivity contribution in [3.05, 3.63) is 35.9 Å². The van der Waals surface area contributed by atoms with Gasteiger partial charge in [-0.2, -0.15) is 0 Å². The second-order valence-corrected chi connectivity index (χ2v) is 7.11. The molecule has 0 bridgehead atoms. The zero-order valence-corrected chi connectivity index (χ0v) is 15.9. The number of hydrogen-bond donors (Lipinski definition) is 3. The molecule has 1 fully saturated rings. The summed E-state index contributed by atoms with van der Waals surface area (Å²) >= 11 is 0. The molecule has 0 aromatic heterocycles. The van der Waals surface area contributed by atoms with Crippen LogP contribution in [0.4, 0.5) is 0 Å². The van der Waals surface area contributed by atoms with E-state index in [1.54, 1.807) is 0 Å². The SMILES string of the molecule is CCNC(=NCC(O)Cc1ccccc1)NC1CCN(C(C)C)CC1. The number of aliphatic hydroxyl groups is 1. The van der Waals surface area contributed by atoms with Crippen LogP contribution >= 0.6 is 0 Å². The van der Waals surface area contributed by atoms with Crippen molar-refractivity contribution in [2.24, 2.45) is 4.99 Å². The van der Waals surface area contributed by atoms with Gasteiger partial charge in [0.1, 0.15) is 0 Å². The van der Waals surface area contributed by atoms with Crippen LogP contribution in [0, 0.1) is 0 Å². The Morgan fingerprint density at radius 3 is 2.52 bits per heavy atom. The fourth-order valence-corrected chi connectivity index (χ4v) is 3.22. The van der Waals surface area contributed by atoms with Crippen molar-refractivity contribution in [2.45, 2.75) is 58.2 Å². The van der Waals surface area contributed by atoms with Gasteiger partial charge in [0.05, 0.1) is 12.6 Å². The summed E-state index contributed by atoms with van der Waals surface area (Å²) in [6.45, 7) is 10.1. The van der Waals surface area contributed by atoms with Gasteiger partial charge >= 0.3 is 0 Å². The van der Waals surface area contributed by atoms with Crippen molar-refractivity contribution in [1.82, 2.24) is 15.5 Å². The molecular weight excluding hydrogens is 312 g/mol. The number of nitrogens with one attached hydrogen (secondary N) is 2. The summed E-state index contributed by atoms with van der Waals surface area (Å²) in [5.41, 5.74) is 1.14. The Hall–Kier alpha value is -1.59. The van der Waals surface area contributed by atoms with Crippen LogP contribution in [0.1, 0.15) is 39.2 Å². The number of aliphatic imine (C=N–C) groups is 1. The third kappa shape index (κ3) is 7.04. The van der Waals surface area contributed by atoms with Crippen LogP contribution in [0.3, 0.4) is 0 Å². The lowest BCUT2D eigenvalue weighted by Crippen LogP contribution is -2.50. The maximum absolute atomic E-state index is 10.3. The van der Waals surface area contributed by atoms with Gasteiger partial charge in [0.15, 0.2) is 5.96 Å². The lowest BCUT2D eigenvalue weighted by atomic mass is 10.0. The highest BCUT2D eigenvalue weighted by Gasteiger charge is 2.21. The third-order valence-corrected chi connectivity index (χ3v) is 4.72. The molecule has 1 saturated heterocycles. The molecule has 1 aliphatic heterocycles. The first kappa shape index (κ1) is 19.7. The van der Waals surface area contributed by atoms with Crippen molar-refractivity contribution in [3.8, 4) is 0 Å². The summed E-state index contributed by atoms with van der Waals surface area (Å²) in [7, 11) is 0. The van der Waals surface area contributed by atoms with Crippen molar-refractivity contribution in [1.29, 1.82) is 0 Å². The average molecular weight is 347 g/mol. The monoisotopic (exact) mass is 346 g/mol. The van der Waals surface area contributed by atoms with Crippen LogP contribution in [-0.4, -0.2) is 60.3 Å². The standard InChI is InChI=1S/C20H34N4O/c1-4-21-20(23-18-10-12-24(13-11-18)16(2)3)22-15-19(25)14-17-8-6-5-7-9-17/h5-9,16,18-19,25H,4,10-15H2,1-3H3,(H2,21,22,23). The van der Waals surface area contributed by atoms with Crippen molar-refractivity contribution < 1.29 is 5.11 Å². The number of rotatable bonds is 7. The quantitative estimate of drug-likeness (QED) is 0.522. The van der Waals surface area contributed by atoms with Crippen molar-refractivity contribution in [3.63, 3.8) is 0 Å². The number of guanidine groups is 1. The minimum absolute atomic E-state index is 0.412. The molecule has 0 radical (unpaired) electrons. The molecule has 1 aromatic carbocycles. The number of likely N-dealkylation sites (tertiary alicyclic amines) is 1. The third-order valence-electron chi connectivity index (χ3n) is 4.72. The van der Waals surface area contributed by atoms with Gasteiger partial charge < -0.3 is 20.6 Å². The minimum atomic E-state index is -0.458. The van der Waals surface area contributed by atoms with Gasteiger partial charge in [0.25, 0.3) is 0 Å². The van der Waals surface area contributed by atoms with E-state index >= 15 is 0 Å². The predicted molar refractivity (Wildman–Crippen MR) is 105 cm³/mol. The van der Waals surface area contributed by atoms with E-state index in [-0.39, 0.29) is 0 Å². The first-order chi connectivity index (χ1) is 12.1. The van der Waals surface area contributed by atoms with Gasteiger partial charge in [0, 0.05) is 38.1 Å². The molecule has 3 N–H and O–H groups in total. The summed E-state index contributed by atoms with van der Waals surface area (Å²) < 4.78 is 0. The second kappa shape index (κ2) is 10.4. The van der Waals surface area contributed by atoms with Crippen LogP contribution in [-0.2, 0) is 6.42 Å². The van der Waals surface area contributed by atoms with Crippen LogP contribution in [0.25, 0.3) is 0 Å². The van der Waals surface area contributed by atoms with Gasteiger partial charge in [-0.15, -0.1) is 0 Å². The fraction of sp³-hybridized carbons (Fsp3) is 0.650. The highest BCUT2D eigenvalue weighted by molar-refractivity contribution is 5.80. The highest BCUT2D eigenvalue weighted by atomic mass is 16.3. The smallest absolute Gasteiger partial charge is 0.191 e. The zero-order chi connectivity index (χ0) is 18.1. The lowest BCUT2D eigenvalue weighted by Gasteiger charge is -2.35. The Kier molecular flexibility index (Phi) is 8.22. The normalized spacial score (nSPS) is 18.4. The maximum Gasteiger partial charge on any atom is 0.191 e. The van der Waals surface area contributed by atoms with Crippen LogP contribution in [0.15, 0.2) is 35.3 Å². The Morgan fingerprint density at radius 1 is 1.24 bits per heavy atom. The molecule has 1 aliphatic rings. The van der Waals surface area contributed by atoms with Gasteiger partial charge in [-0.05, 0) is 39.2 Å². The first-order valence-electron chi connectivity index (χ1n) is 9.59. The Labute approximate surface area is 152 Å². The topological polar surface area (TPSA) is 59.9 Å². The molecule has 1 heterocycles. The fourth-order valence-electron chi connectivity index (χ4n) is 3.22. The minimum Gasteiger partial charge on any atom is -0.391 e. The summed E-state index contributed by atoms with van der Waals surface area (Å²) in [5, 5.41) is 17.1. The van der Waals surface area contributed by atoms with E-state index < -0.39 is 6.10 Å². The number of piperidine rings is 1. The predicted octanol–water partition coefficient (Wildman–Crippen LogP) is 2.02. The van der Waals surface area contributed by atoms with E-state index in [1.165, 1.54) is 0 Å². The van der Waals surface area contributed by atoms with E-state index in [9.17, 15) is 5.11 Å². The Morgan fingerprint density at radius 2 is 1.92 bits per heavy atom. The lowest BCUT2D eigenvalue weighted by molar-refractivity contribution is 0.167.